The Balaban J connectivity index is 1.60. The van der Waals surface area contributed by atoms with E-state index in [0.29, 0.717) is 5.56 Å². The molecule has 0 unspecified atom stereocenters. The van der Waals surface area contributed by atoms with E-state index in [9.17, 15) is 4.79 Å². The zero-order valence-electron chi connectivity index (χ0n) is 13.5. The third-order valence-corrected chi connectivity index (χ3v) is 4.83. The fourth-order valence-electron chi connectivity index (χ4n) is 2.40. The zero-order valence-corrected chi connectivity index (χ0v) is 14.3. The third kappa shape index (κ3) is 4.27. The Labute approximate surface area is 146 Å². The average molecular weight is 333 g/mol. The highest BCUT2D eigenvalue weighted by Crippen LogP contribution is 2.24. The molecule has 0 aromatic heterocycles. The molecule has 0 radical (unpaired) electrons. The Hall–Kier alpha value is -2.52. The average Bonchev–Trinajstić information content (AvgIpc) is 2.62. The molecule has 3 aromatic rings. The van der Waals surface area contributed by atoms with Crippen molar-refractivity contribution in [2.75, 3.05) is 5.32 Å². The summed E-state index contributed by atoms with van der Waals surface area (Å²) in [6, 6.07) is 26.0. The second-order valence-corrected chi connectivity index (χ2v) is 6.62. The minimum Gasteiger partial charge on any atom is -0.322 e. The van der Waals surface area contributed by atoms with E-state index in [1.807, 2.05) is 61.5 Å². The van der Waals surface area contributed by atoms with Gasteiger partial charge < -0.3 is 5.32 Å². The van der Waals surface area contributed by atoms with Crippen LogP contribution in [0.25, 0.3) is 0 Å². The Bertz CT molecular complexity index is 813. The van der Waals surface area contributed by atoms with Crippen LogP contribution in [0.5, 0.6) is 0 Å². The van der Waals surface area contributed by atoms with Gasteiger partial charge in [0.1, 0.15) is 0 Å². The minimum atomic E-state index is -0.0715. The van der Waals surface area contributed by atoms with Gasteiger partial charge in [-0.15, -0.1) is 11.8 Å². The van der Waals surface area contributed by atoms with Gasteiger partial charge in [-0.3, -0.25) is 4.79 Å². The lowest BCUT2D eigenvalue weighted by Crippen LogP contribution is -2.13. The zero-order chi connectivity index (χ0) is 16.8. The molecule has 120 valence electrons. The molecule has 1 N–H and O–H groups in total. The molecule has 0 fully saturated rings. The number of carbonyl (C=O) groups is 1. The summed E-state index contributed by atoms with van der Waals surface area (Å²) in [7, 11) is 0. The van der Waals surface area contributed by atoms with E-state index in [1.165, 1.54) is 10.5 Å². The van der Waals surface area contributed by atoms with Crippen molar-refractivity contribution in [1.82, 2.24) is 0 Å². The van der Waals surface area contributed by atoms with Crippen LogP contribution in [0.15, 0.2) is 83.8 Å². The van der Waals surface area contributed by atoms with Crippen LogP contribution in [0.4, 0.5) is 5.69 Å². The van der Waals surface area contributed by atoms with Gasteiger partial charge >= 0.3 is 0 Å². The van der Waals surface area contributed by atoms with Gasteiger partial charge in [0.25, 0.3) is 5.91 Å². The van der Waals surface area contributed by atoms with Crippen molar-refractivity contribution in [2.24, 2.45) is 0 Å². The van der Waals surface area contributed by atoms with Crippen LogP contribution in [0, 0.1) is 6.92 Å². The summed E-state index contributed by atoms with van der Waals surface area (Å²) in [5.41, 5.74) is 3.80. The molecule has 3 aromatic carbocycles. The van der Waals surface area contributed by atoms with Crippen molar-refractivity contribution in [1.29, 1.82) is 0 Å². The van der Waals surface area contributed by atoms with Crippen LogP contribution in [0.2, 0.25) is 0 Å². The number of hydrogen-bond donors (Lipinski definition) is 1. The van der Waals surface area contributed by atoms with Crippen molar-refractivity contribution in [3.63, 3.8) is 0 Å². The quantitative estimate of drug-likeness (QED) is 0.621. The van der Waals surface area contributed by atoms with Crippen LogP contribution < -0.4 is 5.32 Å². The first-order valence-electron chi connectivity index (χ1n) is 7.86. The molecule has 24 heavy (non-hydrogen) atoms. The molecule has 0 spiro atoms. The Morgan fingerprint density at radius 2 is 1.54 bits per heavy atom. The van der Waals surface area contributed by atoms with E-state index in [4.69, 9.17) is 0 Å². The topological polar surface area (TPSA) is 29.1 Å². The van der Waals surface area contributed by atoms with Gasteiger partial charge in [0.05, 0.1) is 0 Å². The molecule has 1 amide bonds. The Morgan fingerprint density at radius 3 is 2.25 bits per heavy atom. The van der Waals surface area contributed by atoms with E-state index in [0.717, 1.165) is 17.0 Å². The molecule has 3 rings (SSSR count). The van der Waals surface area contributed by atoms with E-state index < -0.39 is 0 Å². The van der Waals surface area contributed by atoms with E-state index in [1.54, 1.807) is 11.8 Å². The number of amides is 1. The van der Waals surface area contributed by atoms with Crippen LogP contribution >= 0.6 is 11.8 Å². The van der Waals surface area contributed by atoms with E-state index in [-0.39, 0.29) is 5.91 Å². The van der Waals surface area contributed by atoms with E-state index >= 15 is 0 Å². The lowest BCUT2D eigenvalue weighted by atomic mass is 10.1. The summed E-state index contributed by atoms with van der Waals surface area (Å²) in [4.78, 5) is 13.5. The monoisotopic (exact) mass is 333 g/mol. The number of carbonyl (C=O) groups excluding carboxylic acids is 1. The molecule has 0 atom stereocenters. The summed E-state index contributed by atoms with van der Waals surface area (Å²) >= 11 is 1.79. The fourth-order valence-corrected chi connectivity index (χ4v) is 3.26. The molecule has 0 aliphatic rings. The summed E-state index contributed by atoms with van der Waals surface area (Å²) in [6.45, 7) is 1.94. The molecule has 0 aliphatic carbocycles. The standard InChI is InChI=1S/C21H19NOS/c1-16-7-5-6-10-20(16)21(23)22-18-11-13-19(14-12-18)24-15-17-8-3-2-4-9-17/h2-14H,15H2,1H3,(H,22,23). The largest absolute Gasteiger partial charge is 0.322 e. The van der Waals surface area contributed by atoms with Crippen LogP contribution in [0.1, 0.15) is 21.5 Å². The number of nitrogens with one attached hydrogen (secondary N) is 1. The van der Waals surface area contributed by atoms with Crippen LogP contribution in [-0.4, -0.2) is 5.91 Å². The van der Waals surface area contributed by atoms with Gasteiger partial charge in [0.15, 0.2) is 0 Å². The van der Waals surface area contributed by atoms with Gasteiger partial charge in [0.2, 0.25) is 0 Å². The van der Waals surface area contributed by atoms with E-state index in [2.05, 4.69) is 29.6 Å². The minimum absolute atomic E-state index is 0.0715. The number of hydrogen-bond acceptors (Lipinski definition) is 2. The summed E-state index contributed by atoms with van der Waals surface area (Å²) in [5, 5.41) is 2.95. The number of thioether (sulfide) groups is 1. The lowest BCUT2D eigenvalue weighted by Gasteiger charge is -2.08. The number of rotatable bonds is 5. The molecule has 0 heterocycles. The second-order valence-electron chi connectivity index (χ2n) is 5.57. The van der Waals surface area contributed by atoms with Crippen molar-refractivity contribution >= 4 is 23.4 Å². The molecule has 0 aliphatic heterocycles. The van der Waals surface area contributed by atoms with Crippen molar-refractivity contribution in [2.45, 2.75) is 17.6 Å². The number of anilines is 1. The Morgan fingerprint density at radius 1 is 0.875 bits per heavy atom. The predicted molar refractivity (Wildman–Crippen MR) is 102 cm³/mol. The molecular formula is C21H19NOS. The maximum absolute atomic E-state index is 12.3. The third-order valence-electron chi connectivity index (χ3n) is 3.75. The lowest BCUT2D eigenvalue weighted by molar-refractivity contribution is 0.102. The van der Waals surface area contributed by atoms with Gasteiger partial charge in [-0.25, -0.2) is 0 Å². The van der Waals surface area contributed by atoms with Gasteiger partial charge in [0, 0.05) is 21.9 Å². The number of benzene rings is 3. The normalized spacial score (nSPS) is 10.4. The molecule has 2 nitrogen and oxygen atoms in total. The van der Waals surface area contributed by atoms with Gasteiger partial charge in [-0.2, -0.15) is 0 Å². The van der Waals surface area contributed by atoms with Crippen molar-refractivity contribution in [3.8, 4) is 0 Å². The maximum atomic E-state index is 12.3. The van der Waals surface area contributed by atoms with Gasteiger partial charge in [-0.1, -0.05) is 48.5 Å². The summed E-state index contributed by atoms with van der Waals surface area (Å²) < 4.78 is 0. The highest BCUT2D eigenvalue weighted by atomic mass is 32.2. The highest BCUT2D eigenvalue weighted by molar-refractivity contribution is 7.98. The molecule has 0 saturated carbocycles. The molecule has 0 saturated heterocycles. The molecule has 0 bridgehead atoms. The molecular weight excluding hydrogens is 314 g/mol. The predicted octanol–water partition coefficient (Wildman–Crippen LogP) is 5.54. The first kappa shape index (κ1) is 16.3. The number of aryl methyl sites for hydroxylation is 1. The van der Waals surface area contributed by atoms with Crippen molar-refractivity contribution in [3.05, 3.63) is 95.6 Å². The fraction of sp³-hybridized carbons (Fsp3) is 0.0952. The van der Waals surface area contributed by atoms with Crippen LogP contribution in [-0.2, 0) is 5.75 Å². The SMILES string of the molecule is Cc1ccccc1C(=O)Nc1ccc(SCc2ccccc2)cc1. The first-order chi connectivity index (χ1) is 11.7. The van der Waals surface area contributed by atoms with Gasteiger partial charge in [-0.05, 0) is 48.4 Å². The smallest absolute Gasteiger partial charge is 0.255 e. The summed E-state index contributed by atoms with van der Waals surface area (Å²) in [5.74, 6) is 0.869. The Kier molecular flexibility index (Phi) is 5.34. The second kappa shape index (κ2) is 7.84. The maximum Gasteiger partial charge on any atom is 0.255 e. The van der Waals surface area contributed by atoms with Crippen molar-refractivity contribution < 1.29 is 4.79 Å². The summed E-state index contributed by atoms with van der Waals surface area (Å²) in [6.07, 6.45) is 0. The first-order valence-corrected chi connectivity index (χ1v) is 8.85. The molecule has 3 heteroatoms. The highest BCUT2D eigenvalue weighted by Gasteiger charge is 2.08. The van der Waals surface area contributed by atoms with Crippen LogP contribution in [0.3, 0.4) is 0 Å².